The fourth-order valence-corrected chi connectivity index (χ4v) is 3.51. The van der Waals surface area contributed by atoms with Crippen molar-refractivity contribution in [3.05, 3.63) is 59.3 Å². The monoisotopic (exact) mass is 380 g/mol. The standard InChI is InChI=1S/C23H28N2O3/c1-5-17-7-6-8-18-19(14-24-23(17)18)20(26)15-25(2)12-11-16-9-10-21(27-3)22(13-16)28-4/h6-10,13-14,24H,5,11-12,15H2,1-4H3. The Morgan fingerprint density at radius 2 is 1.89 bits per heavy atom. The second-order valence-electron chi connectivity index (χ2n) is 7.00. The number of aromatic amines is 1. The van der Waals surface area contributed by atoms with Crippen LogP contribution in [0.1, 0.15) is 28.4 Å². The van der Waals surface area contributed by atoms with Crippen molar-refractivity contribution in [2.75, 3.05) is 34.4 Å². The van der Waals surface area contributed by atoms with Crippen molar-refractivity contribution >= 4 is 16.7 Å². The van der Waals surface area contributed by atoms with Crippen molar-refractivity contribution in [3.63, 3.8) is 0 Å². The lowest BCUT2D eigenvalue weighted by Gasteiger charge is -2.16. The molecular formula is C23H28N2O3. The number of benzene rings is 2. The van der Waals surface area contributed by atoms with Crippen LogP contribution < -0.4 is 9.47 Å². The molecule has 0 unspecified atom stereocenters. The second-order valence-corrected chi connectivity index (χ2v) is 7.00. The first-order valence-electron chi connectivity index (χ1n) is 9.59. The van der Waals surface area contributed by atoms with Crippen LogP contribution in [0.15, 0.2) is 42.6 Å². The van der Waals surface area contributed by atoms with Crippen LogP contribution in [0.25, 0.3) is 10.9 Å². The van der Waals surface area contributed by atoms with Crippen molar-refractivity contribution in [2.45, 2.75) is 19.8 Å². The normalized spacial score (nSPS) is 11.2. The Bertz CT molecular complexity index is 962. The molecule has 0 spiro atoms. The number of hydrogen-bond donors (Lipinski definition) is 1. The average molecular weight is 380 g/mol. The Hall–Kier alpha value is -2.79. The fourth-order valence-electron chi connectivity index (χ4n) is 3.51. The zero-order valence-electron chi connectivity index (χ0n) is 17.0. The van der Waals surface area contributed by atoms with Crippen LogP contribution in [-0.4, -0.2) is 50.0 Å². The molecule has 2 aromatic carbocycles. The van der Waals surface area contributed by atoms with Gasteiger partial charge in [-0.05, 0) is 43.1 Å². The van der Waals surface area contributed by atoms with Gasteiger partial charge in [-0.1, -0.05) is 31.2 Å². The third kappa shape index (κ3) is 4.20. The summed E-state index contributed by atoms with van der Waals surface area (Å²) in [6.45, 7) is 3.29. The van der Waals surface area contributed by atoms with Crippen LogP contribution in [-0.2, 0) is 12.8 Å². The zero-order valence-corrected chi connectivity index (χ0v) is 17.0. The number of carbonyl (C=O) groups excluding carboxylic acids is 1. The van der Waals surface area contributed by atoms with Gasteiger partial charge in [0, 0.05) is 29.2 Å². The number of aryl methyl sites for hydroxylation is 1. The SMILES string of the molecule is CCc1cccc2c(C(=O)CN(C)CCc3ccc(OC)c(OC)c3)c[nH]c12. The lowest BCUT2D eigenvalue weighted by Crippen LogP contribution is -2.28. The summed E-state index contributed by atoms with van der Waals surface area (Å²) in [5.74, 6) is 1.58. The molecule has 148 valence electrons. The zero-order chi connectivity index (χ0) is 20.1. The molecular weight excluding hydrogens is 352 g/mol. The van der Waals surface area contributed by atoms with Gasteiger partial charge >= 0.3 is 0 Å². The molecule has 0 fully saturated rings. The van der Waals surface area contributed by atoms with Crippen molar-refractivity contribution in [2.24, 2.45) is 0 Å². The summed E-state index contributed by atoms with van der Waals surface area (Å²) in [6.07, 6.45) is 3.61. The Labute approximate surface area is 166 Å². The van der Waals surface area contributed by atoms with Gasteiger partial charge in [0.25, 0.3) is 0 Å². The minimum atomic E-state index is 0.134. The number of likely N-dealkylation sites (N-methyl/N-ethyl adjacent to an activating group) is 1. The first-order chi connectivity index (χ1) is 13.6. The molecule has 1 aromatic heterocycles. The van der Waals surface area contributed by atoms with Gasteiger partial charge in [-0.25, -0.2) is 0 Å². The number of hydrogen-bond acceptors (Lipinski definition) is 4. The lowest BCUT2D eigenvalue weighted by molar-refractivity contribution is 0.0948. The van der Waals surface area contributed by atoms with E-state index in [4.69, 9.17) is 9.47 Å². The fraction of sp³-hybridized carbons (Fsp3) is 0.348. The number of aromatic nitrogens is 1. The van der Waals surface area contributed by atoms with Gasteiger partial charge in [0.2, 0.25) is 0 Å². The number of carbonyl (C=O) groups is 1. The summed E-state index contributed by atoms with van der Waals surface area (Å²) in [6, 6.07) is 12.1. The molecule has 3 aromatic rings. The molecule has 0 saturated carbocycles. The van der Waals surface area contributed by atoms with Gasteiger partial charge in [0.05, 0.1) is 20.8 Å². The molecule has 0 aliphatic heterocycles. The maximum Gasteiger partial charge on any atom is 0.178 e. The van der Waals surface area contributed by atoms with Crippen LogP contribution in [0.3, 0.4) is 0 Å². The Morgan fingerprint density at radius 3 is 2.61 bits per heavy atom. The minimum absolute atomic E-state index is 0.134. The van der Waals surface area contributed by atoms with Crippen LogP contribution >= 0.6 is 0 Å². The highest BCUT2D eigenvalue weighted by molar-refractivity contribution is 6.09. The van der Waals surface area contributed by atoms with Gasteiger partial charge < -0.3 is 14.5 Å². The summed E-state index contributed by atoms with van der Waals surface area (Å²) in [4.78, 5) is 18.2. The predicted octanol–water partition coefficient (Wildman–Crippen LogP) is 4.10. The summed E-state index contributed by atoms with van der Waals surface area (Å²) in [5, 5.41) is 1.01. The van der Waals surface area contributed by atoms with Crippen molar-refractivity contribution in [1.82, 2.24) is 9.88 Å². The lowest BCUT2D eigenvalue weighted by atomic mass is 10.0. The first kappa shape index (κ1) is 20.0. The van der Waals surface area contributed by atoms with Crippen molar-refractivity contribution < 1.29 is 14.3 Å². The quantitative estimate of drug-likeness (QED) is 0.568. The maximum absolute atomic E-state index is 12.8. The molecule has 0 aliphatic rings. The molecule has 1 heterocycles. The van der Waals surface area contributed by atoms with Crippen LogP contribution in [0.4, 0.5) is 0 Å². The molecule has 5 heteroatoms. The highest BCUT2D eigenvalue weighted by atomic mass is 16.5. The summed E-state index contributed by atoms with van der Waals surface area (Å²) in [7, 11) is 5.24. The number of ketones is 1. The van der Waals surface area contributed by atoms with E-state index < -0.39 is 0 Å². The number of nitrogens with zero attached hydrogens (tertiary/aromatic N) is 1. The van der Waals surface area contributed by atoms with Crippen LogP contribution in [0.2, 0.25) is 0 Å². The largest absolute Gasteiger partial charge is 0.493 e. The van der Waals surface area contributed by atoms with Crippen molar-refractivity contribution in [1.29, 1.82) is 0 Å². The van der Waals surface area contributed by atoms with Gasteiger partial charge in [0.15, 0.2) is 17.3 Å². The van der Waals surface area contributed by atoms with E-state index in [-0.39, 0.29) is 5.78 Å². The molecule has 5 nitrogen and oxygen atoms in total. The number of methoxy groups -OCH3 is 2. The van der Waals surface area contributed by atoms with E-state index in [0.717, 1.165) is 52.9 Å². The number of nitrogens with one attached hydrogen (secondary N) is 1. The van der Waals surface area contributed by atoms with E-state index in [0.29, 0.717) is 6.54 Å². The third-order valence-corrected chi connectivity index (χ3v) is 5.13. The Kier molecular flexibility index (Phi) is 6.37. The molecule has 0 atom stereocenters. The molecule has 28 heavy (non-hydrogen) atoms. The van der Waals surface area contributed by atoms with Gasteiger partial charge in [-0.2, -0.15) is 0 Å². The van der Waals surface area contributed by atoms with E-state index >= 15 is 0 Å². The van der Waals surface area contributed by atoms with Gasteiger partial charge in [-0.15, -0.1) is 0 Å². The van der Waals surface area contributed by atoms with Crippen molar-refractivity contribution in [3.8, 4) is 11.5 Å². The highest BCUT2D eigenvalue weighted by Crippen LogP contribution is 2.28. The minimum Gasteiger partial charge on any atom is -0.493 e. The average Bonchev–Trinajstić information content (AvgIpc) is 3.16. The summed E-state index contributed by atoms with van der Waals surface area (Å²) in [5.41, 5.74) is 4.22. The Balaban J connectivity index is 1.64. The molecule has 0 saturated heterocycles. The Morgan fingerprint density at radius 1 is 1.11 bits per heavy atom. The number of H-pyrrole nitrogens is 1. The van der Waals surface area contributed by atoms with Crippen LogP contribution in [0, 0.1) is 0 Å². The highest BCUT2D eigenvalue weighted by Gasteiger charge is 2.15. The van der Waals surface area contributed by atoms with Crippen LogP contribution in [0.5, 0.6) is 11.5 Å². The molecule has 1 N–H and O–H groups in total. The second kappa shape index (κ2) is 8.93. The number of rotatable bonds is 9. The van der Waals surface area contributed by atoms with E-state index in [1.54, 1.807) is 14.2 Å². The smallest absolute Gasteiger partial charge is 0.178 e. The number of Topliss-reactive ketones (excluding diaryl/α,β-unsaturated/α-hetero) is 1. The number of fused-ring (bicyclic) bond motifs is 1. The molecule has 0 bridgehead atoms. The molecule has 0 radical (unpaired) electrons. The molecule has 0 aliphatic carbocycles. The molecule has 0 amide bonds. The maximum atomic E-state index is 12.8. The number of para-hydroxylation sites is 1. The van der Waals surface area contributed by atoms with E-state index in [1.165, 1.54) is 5.56 Å². The van der Waals surface area contributed by atoms with Gasteiger partial charge in [0.1, 0.15) is 0 Å². The molecule has 3 rings (SSSR count). The summed E-state index contributed by atoms with van der Waals surface area (Å²) < 4.78 is 10.6. The van der Waals surface area contributed by atoms with E-state index in [1.807, 2.05) is 43.6 Å². The predicted molar refractivity (Wildman–Crippen MR) is 113 cm³/mol. The first-order valence-corrected chi connectivity index (χ1v) is 9.59. The summed E-state index contributed by atoms with van der Waals surface area (Å²) >= 11 is 0. The topological polar surface area (TPSA) is 54.6 Å². The van der Waals surface area contributed by atoms with E-state index in [2.05, 4.69) is 22.9 Å². The third-order valence-electron chi connectivity index (χ3n) is 5.13. The van der Waals surface area contributed by atoms with E-state index in [9.17, 15) is 4.79 Å². The van der Waals surface area contributed by atoms with Gasteiger partial charge in [-0.3, -0.25) is 9.69 Å². The number of ether oxygens (including phenoxy) is 2.